The number of carbonyl (C=O) groups excluding carboxylic acids is 1. The van der Waals surface area contributed by atoms with Crippen molar-refractivity contribution < 1.29 is 18.0 Å². The van der Waals surface area contributed by atoms with Crippen molar-refractivity contribution in [3.63, 3.8) is 0 Å². The molecule has 2 aromatic heterocycles. The van der Waals surface area contributed by atoms with Crippen molar-refractivity contribution in [1.29, 1.82) is 0 Å². The summed E-state index contributed by atoms with van der Waals surface area (Å²) in [5.74, 6) is -0.0608. The molecule has 8 heteroatoms. The largest absolute Gasteiger partial charge is 0.416 e. The third-order valence-electron chi connectivity index (χ3n) is 5.65. The maximum absolute atomic E-state index is 12.8. The number of benzene rings is 1. The maximum Gasteiger partial charge on any atom is 0.416 e. The molecule has 0 radical (unpaired) electrons. The Morgan fingerprint density at radius 1 is 1.12 bits per heavy atom. The number of hydrogen-bond donors (Lipinski definition) is 1. The summed E-state index contributed by atoms with van der Waals surface area (Å²) >= 11 is 0. The van der Waals surface area contributed by atoms with E-state index in [0.717, 1.165) is 41.1 Å². The number of rotatable bonds is 4. The van der Waals surface area contributed by atoms with Gasteiger partial charge in [-0.15, -0.1) is 0 Å². The number of nitrogens with zero attached hydrogens (tertiary/aromatic N) is 2. The number of aromatic nitrogens is 2. The van der Waals surface area contributed by atoms with Gasteiger partial charge in [0.05, 0.1) is 11.1 Å². The second-order valence-electron chi connectivity index (χ2n) is 8.09. The molecule has 1 aliphatic heterocycles. The van der Waals surface area contributed by atoms with Crippen LogP contribution in [0.5, 0.6) is 0 Å². The van der Waals surface area contributed by atoms with Crippen LogP contribution in [0.1, 0.15) is 50.8 Å². The van der Waals surface area contributed by atoms with Gasteiger partial charge < -0.3 is 9.88 Å². The SMILES string of the molecule is Cc1cc(Cc2ccc(C(F)(F)F)cc2)cc(C2CCN(C(=O)c3ccc(=O)[nH]c3)C2)n1. The highest BCUT2D eigenvalue weighted by molar-refractivity contribution is 5.94. The molecule has 1 fully saturated rings. The van der Waals surface area contributed by atoms with Crippen LogP contribution >= 0.6 is 0 Å². The quantitative estimate of drug-likeness (QED) is 0.656. The topological polar surface area (TPSA) is 66.1 Å². The molecule has 0 saturated carbocycles. The van der Waals surface area contributed by atoms with Crippen LogP contribution in [0, 0.1) is 6.92 Å². The van der Waals surface area contributed by atoms with Crippen LogP contribution in [-0.4, -0.2) is 33.9 Å². The zero-order valence-electron chi connectivity index (χ0n) is 17.4. The average molecular weight is 441 g/mol. The molecule has 1 aliphatic rings. The van der Waals surface area contributed by atoms with E-state index in [1.165, 1.54) is 30.5 Å². The van der Waals surface area contributed by atoms with Crippen molar-refractivity contribution in [2.24, 2.45) is 0 Å². The molecule has 3 heterocycles. The van der Waals surface area contributed by atoms with E-state index < -0.39 is 11.7 Å². The van der Waals surface area contributed by atoms with Gasteiger partial charge in [0.25, 0.3) is 5.91 Å². The number of likely N-dealkylation sites (tertiary alicyclic amines) is 1. The molecule has 4 rings (SSSR count). The summed E-state index contributed by atoms with van der Waals surface area (Å²) in [6, 6.07) is 11.9. The fourth-order valence-electron chi connectivity index (χ4n) is 4.04. The van der Waals surface area contributed by atoms with Gasteiger partial charge in [-0.1, -0.05) is 12.1 Å². The van der Waals surface area contributed by atoms with Gasteiger partial charge in [0.15, 0.2) is 0 Å². The summed E-state index contributed by atoms with van der Waals surface area (Å²) in [5, 5.41) is 0. The van der Waals surface area contributed by atoms with E-state index in [2.05, 4.69) is 9.97 Å². The number of amides is 1. The first-order chi connectivity index (χ1) is 15.2. The van der Waals surface area contributed by atoms with Crippen LogP contribution in [0.3, 0.4) is 0 Å². The molecule has 166 valence electrons. The van der Waals surface area contributed by atoms with E-state index in [0.29, 0.717) is 25.1 Å². The lowest BCUT2D eigenvalue weighted by Gasteiger charge is -2.17. The van der Waals surface area contributed by atoms with E-state index in [-0.39, 0.29) is 17.4 Å². The first kappa shape index (κ1) is 21.8. The number of halogens is 3. The standard InChI is InChI=1S/C24H22F3N3O2/c1-15-10-17(11-16-2-5-20(6-3-16)24(25,26)27)12-21(29-15)19-8-9-30(14-19)23(32)18-4-7-22(31)28-13-18/h2-7,10,12-13,19H,8-9,11,14H2,1H3,(H,28,31). The predicted molar refractivity (Wildman–Crippen MR) is 114 cm³/mol. The van der Waals surface area contributed by atoms with E-state index >= 15 is 0 Å². The molecule has 1 saturated heterocycles. The van der Waals surface area contributed by atoms with Gasteiger partial charge in [-0.25, -0.2) is 0 Å². The third kappa shape index (κ3) is 4.90. The zero-order chi connectivity index (χ0) is 22.9. The molecule has 1 aromatic carbocycles. The molecule has 5 nitrogen and oxygen atoms in total. The Hall–Kier alpha value is -3.42. The minimum Gasteiger partial charge on any atom is -0.338 e. The van der Waals surface area contributed by atoms with E-state index in [4.69, 9.17) is 0 Å². The number of aromatic amines is 1. The fourth-order valence-corrected chi connectivity index (χ4v) is 4.04. The zero-order valence-corrected chi connectivity index (χ0v) is 17.4. The Kier molecular flexibility index (Phi) is 5.86. The Labute approximate surface area is 182 Å². The molecule has 3 aromatic rings. The van der Waals surface area contributed by atoms with Gasteiger partial charge in [0, 0.05) is 42.7 Å². The highest BCUT2D eigenvalue weighted by Crippen LogP contribution is 2.30. The normalized spacial score (nSPS) is 16.4. The number of hydrogen-bond acceptors (Lipinski definition) is 3. The van der Waals surface area contributed by atoms with Gasteiger partial charge in [-0.2, -0.15) is 13.2 Å². The average Bonchev–Trinajstić information content (AvgIpc) is 3.23. The summed E-state index contributed by atoms with van der Waals surface area (Å²) in [6.07, 6.45) is -1.66. The van der Waals surface area contributed by atoms with Crippen LogP contribution in [0.15, 0.2) is 59.5 Å². The van der Waals surface area contributed by atoms with Crippen LogP contribution in [0.4, 0.5) is 13.2 Å². The summed E-state index contributed by atoms with van der Waals surface area (Å²) in [5.41, 5.74) is 2.98. The molecular formula is C24H22F3N3O2. The first-order valence-corrected chi connectivity index (χ1v) is 10.3. The number of nitrogens with one attached hydrogen (secondary N) is 1. The Bertz CT molecular complexity index is 1170. The Balaban J connectivity index is 1.47. The highest BCUT2D eigenvalue weighted by Gasteiger charge is 2.30. The summed E-state index contributed by atoms with van der Waals surface area (Å²) < 4.78 is 38.4. The van der Waals surface area contributed by atoms with E-state index in [1.54, 1.807) is 4.90 Å². The lowest BCUT2D eigenvalue weighted by Crippen LogP contribution is -2.29. The molecule has 1 unspecified atom stereocenters. The van der Waals surface area contributed by atoms with Crippen molar-refractivity contribution in [3.05, 3.63) is 98.7 Å². The van der Waals surface area contributed by atoms with Crippen molar-refractivity contribution in [1.82, 2.24) is 14.9 Å². The van der Waals surface area contributed by atoms with Crippen molar-refractivity contribution in [2.45, 2.75) is 31.9 Å². The number of carbonyl (C=O) groups is 1. The first-order valence-electron chi connectivity index (χ1n) is 10.3. The van der Waals surface area contributed by atoms with Crippen LogP contribution in [-0.2, 0) is 12.6 Å². The minimum atomic E-state index is -4.35. The van der Waals surface area contributed by atoms with Gasteiger partial charge in [-0.05, 0) is 61.2 Å². The number of aryl methyl sites for hydroxylation is 1. The molecule has 0 bridgehead atoms. The molecule has 1 atom stereocenters. The highest BCUT2D eigenvalue weighted by atomic mass is 19.4. The Morgan fingerprint density at radius 3 is 2.53 bits per heavy atom. The van der Waals surface area contributed by atoms with Crippen LogP contribution < -0.4 is 5.56 Å². The van der Waals surface area contributed by atoms with E-state index in [9.17, 15) is 22.8 Å². The lowest BCUT2D eigenvalue weighted by atomic mass is 9.98. The molecule has 1 N–H and O–H groups in total. The minimum absolute atomic E-state index is 0.0768. The third-order valence-corrected chi connectivity index (χ3v) is 5.65. The van der Waals surface area contributed by atoms with Crippen molar-refractivity contribution >= 4 is 5.91 Å². The smallest absolute Gasteiger partial charge is 0.338 e. The van der Waals surface area contributed by atoms with Gasteiger partial charge in [0.2, 0.25) is 5.56 Å². The summed E-state index contributed by atoms with van der Waals surface area (Å²) in [7, 11) is 0. The second kappa shape index (κ2) is 8.61. The Morgan fingerprint density at radius 2 is 1.88 bits per heavy atom. The summed E-state index contributed by atoms with van der Waals surface area (Å²) in [6.45, 7) is 3.00. The monoisotopic (exact) mass is 441 g/mol. The molecular weight excluding hydrogens is 419 g/mol. The number of alkyl halides is 3. The molecule has 0 spiro atoms. The lowest BCUT2D eigenvalue weighted by molar-refractivity contribution is -0.137. The fraction of sp³-hybridized carbons (Fsp3) is 0.292. The number of H-pyrrole nitrogens is 1. The van der Waals surface area contributed by atoms with Gasteiger partial charge in [-0.3, -0.25) is 14.6 Å². The van der Waals surface area contributed by atoms with Crippen molar-refractivity contribution in [3.8, 4) is 0 Å². The van der Waals surface area contributed by atoms with Crippen LogP contribution in [0.25, 0.3) is 0 Å². The number of pyridine rings is 2. The second-order valence-corrected chi connectivity index (χ2v) is 8.09. The molecule has 32 heavy (non-hydrogen) atoms. The predicted octanol–water partition coefficient (Wildman–Crippen LogP) is 4.32. The summed E-state index contributed by atoms with van der Waals surface area (Å²) in [4.78, 5) is 32.8. The maximum atomic E-state index is 12.8. The van der Waals surface area contributed by atoms with Crippen LogP contribution in [0.2, 0.25) is 0 Å². The molecule has 0 aliphatic carbocycles. The van der Waals surface area contributed by atoms with Crippen molar-refractivity contribution in [2.75, 3.05) is 13.1 Å². The van der Waals surface area contributed by atoms with E-state index in [1.807, 2.05) is 19.1 Å². The van der Waals surface area contributed by atoms with Gasteiger partial charge >= 0.3 is 6.18 Å². The molecule has 1 amide bonds. The van der Waals surface area contributed by atoms with Gasteiger partial charge in [0.1, 0.15) is 0 Å².